The van der Waals surface area contributed by atoms with Gasteiger partial charge < -0.3 is 5.32 Å². The predicted octanol–water partition coefficient (Wildman–Crippen LogP) is 2.68. The lowest BCUT2D eigenvalue weighted by Crippen LogP contribution is -2.55. The average molecular weight is 354 g/mol. The highest BCUT2D eigenvalue weighted by atomic mass is 79.9. The molecule has 112 valence electrons. The minimum absolute atomic E-state index is 0.0237. The van der Waals surface area contributed by atoms with Gasteiger partial charge in [0, 0.05) is 0 Å². The molecule has 0 aliphatic rings. The minimum atomic E-state index is -5.99. The van der Waals surface area contributed by atoms with Crippen LogP contribution in [0.15, 0.2) is 0 Å². The SMILES string of the molecule is CC(C)CC(NC(=O)C(F)(F)C(F)(F)F)C(=O)CBr. The number of amides is 1. The van der Waals surface area contributed by atoms with Gasteiger partial charge in [-0.25, -0.2) is 0 Å². The highest BCUT2D eigenvalue weighted by Crippen LogP contribution is 2.35. The number of halogens is 6. The molecule has 9 heteroatoms. The molecular formula is C10H13BrF5NO2. The molecule has 0 saturated carbocycles. The molecule has 1 N–H and O–H groups in total. The van der Waals surface area contributed by atoms with E-state index in [2.05, 4.69) is 15.9 Å². The molecule has 0 heterocycles. The Labute approximate surface area is 115 Å². The van der Waals surface area contributed by atoms with Gasteiger partial charge in [0.1, 0.15) is 0 Å². The topological polar surface area (TPSA) is 46.2 Å². The summed E-state index contributed by atoms with van der Waals surface area (Å²) >= 11 is 2.77. The quantitative estimate of drug-likeness (QED) is 0.589. The first-order valence-corrected chi connectivity index (χ1v) is 6.39. The Balaban J connectivity index is 4.96. The van der Waals surface area contributed by atoms with Crippen LogP contribution < -0.4 is 5.32 Å². The van der Waals surface area contributed by atoms with E-state index < -0.39 is 29.8 Å². The molecule has 0 aromatic rings. The van der Waals surface area contributed by atoms with Crippen molar-refractivity contribution in [3.05, 3.63) is 0 Å². The van der Waals surface area contributed by atoms with Crippen LogP contribution in [0.25, 0.3) is 0 Å². The van der Waals surface area contributed by atoms with Crippen LogP contribution in [0, 0.1) is 5.92 Å². The second-order valence-electron chi connectivity index (χ2n) is 4.33. The summed E-state index contributed by atoms with van der Waals surface area (Å²) in [6, 6.07) is -1.37. The van der Waals surface area contributed by atoms with Gasteiger partial charge in [-0.2, -0.15) is 22.0 Å². The van der Waals surface area contributed by atoms with E-state index >= 15 is 0 Å². The van der Waals surface area contributed by atoms with E-state index in [1.807, 2.05) is 0 Å². The molecule has 19 heavy (non-hydrogen) atoms. The van der Waals surface area contributed by atoms with Crippen LogP contribution in [0.4, 0.5) is 22.0 Å². The molecule has 3 nitrogen and oxygen atoms in total. The van der Waals surface area contributed by atoms with Crippen molar-refractivity contribution >= 4 is 27.6 Å². The lowest BCUT2D eigenvalue weighted by atomic mass is 10.0. The molecule has 0 bridgehead atoms. The first kappa shape index (κ1) is 18.3. The maximum atomic E-state index is 12.7. The van der Waals surface area contributed by atoms with E-state index in [1.165, 1.54) is 5.32 Å². The molecule has 0 rings (SSSR count). The monoisotopic (exact) mass is 353 g/mol. The number of carbonyl (C=O) groups excluding carboxylic acids is 2. The van der Waals surface area contributed by atoms with E-state index in [0.29, 0.717) is 0 Å². The van der Waals surface area contributed by atoms with Gasteiger partial charge in [-0.3, -0.25) is 9.59 Å². The van der Waals surface area contributed by atoms with Crippen molar-refractivity contribution in [2.75, 3.05) is 5.33 Å². The zero-order chi connectivity index (χ0) is 15.4. The van der Waals surface area contributed by atoms with Gasteiger partial charge in [0.05, 0.1) is 11.4 Å². The highest BCUT2D eigenvalue weighted by Gasteiger charge is 2.63. The van der Waals surface area contributed by atoms with Crippen LogP contribution in [-0.2, 0) is 9.59 Å². The van der Waals surface area contributed by atoms with Gasteiger partial charge in [0.25, 0.3) is 0 Å². The summed E-state index contributed by atoms with van der Waals surface area (Å²) in [5.41, 5.74) is 0. The van der Waals surface area contributed by atoms with Crippen LogP contribution in [0.2, 0.25) is 0 Å². The van der Waals surface area contributed by atoms with Crippen LogP contribution in [0.3, 0.4) is 0 Å². The van der Waals surface area contributed by atoms with Crippen molar-refractivity contribution in [1.29, 1.82) is 0 Å². The second kappa shape index (κ2) is 6.62. The number of nitrogens with one attached hydrogen (secondary N) is 1. The largest absolute Gasteiger partial charge is 0.463 e. The maximum absolute atomic E-state index is 12.7. The molecule has 0 spiro atoms. The van der Waals surface area contributed by atoms with Gasteiger partial charge in [0.2, 0.25) is 0 Å². The molecule has 0 aliphatic heterocycles. The normalized spacial score (nSPS) is 14.4. The molecule has 0 saturated heterocycles. The third-order valence-electron chi connectivity index (χ3n) is 2.17. The molecule has 1 amide bonds. The van der Waals surface area contributed by atoms with Crippen LogP contribution >= 0.6 is 15.9 Å². The molecule has 0 aliphatic carbocycles. The molecular weight excluding hydrogens is 341 g/mol. The summed E-state index contributed by atoms with van der Waals surface area (Å²) in [4.78, 5) is 22.3. The van der Waals surface area contributed by atoms with Crippen LogP contribution in [0.5, 0.6) is 0 Å². The Hall–Kier alpha value is -0.730. The lowest BCUT2D eigenvalue weighted by Gasteiger charge is -2.23. The van der Waals surface area contributed by atoms with Gasteiger partial charge >= 0.3 is 18.0 Å². The van der Waals surface area contributed by atoms with Crippen LogP contribution in [-0.4, -0.2) is 35.2 Å². The lowest BCUT2D eigenvalue weighted by molar-refractivity contribution is -0.270. The highest BCUT2D eigenvalue weighted by molar-refractivity contribution is 9.09. The second-order valence-corrected chi connectivity index (χ2v) is 4.89. The molecule has 0 aromatic heterocycles. The van der Waals surface area contributed by atoms with Gasteiger partial charge in [0.15, 0.2) is 5.78 Å². The van der Waals surface area contributed by atoms with Crippen molar-refractivity contribution in [2.24, 2.45) is 5.92 Å². The van der Waals surface area contributed by atoms with Gasteiger partial charge in [-0.1, -0.05) is 29.8 Å². The zero-order valence-electron chi connectivity index (χ0n) is 10.2. The number of rotatable bonds is 6. The maximum Gasteiger partial charge on any atom is 0.463 e. The number of hydrogen-bond acceptors (Lipinski definition) is 2. The van der Waals surface area contributed by atoms with Crippen molar-refractivity contribution in [2.45, 2.75) is 38.4 Å². The molecule has 1 atom stereocenters. The summed E-state index contributed by atoms with van der Waals surface area (Å²) in [6.07, 6.45) is -6.01. The summed E-state index contributed by atoms with van der Waals surface area (Å²) in [5, 5.41) is 1.21. The molecule has 0 radical (unpaired) electrons. The summed E-state index contributed by atoms with van der Waals surface area (Å²) in [7, 11) is 0. The number of hydrogen-bond donors (Lipinski definition) is 1. The predicted molar refractivity (Wildman–Crippen MR) is 61.2 cm³/mol. The van der Waals surface area contributed by atoms with E-state index in [1.54, 1.807) is 13.8 Å². The van der Waals surface area contributed by atoms with E-state index in [4.69, 9.17) is 0 Å². The number of ketones is 1. The summed E-state index contributed by atoms with van der Waals surface area (Å²) in [6.45, 7) is 3.28. The molecule has 0 fully saturated rings. The van der Waals surface area contributed by atoms with Crippen molar-refractivity contribution in [3.8, 4) is 0 Å². The fourth-order valence-electron chi connectivity index (χ4n) is 1.21. The third-order valence-corrected chi connectivity index (χ3v) is 2.73. The minimum Gasteiger partial charge on any atom is -0.341 e. The first-order valence-electron chi connectivity index (χ1n) is 5.27. The smallest absolute Gasteiger partial charge is 0.341 e. The molecule has 1 unspecified atom stereocenters. The van der Waals surface area contributed by atoms with Gasteiger partial charge in [-0.05, 0) is 12.3 Å². The van der Waals surface area contributed by atoms with Crippen molar-refractivity contribution < 1.29 is 31.5 Å². The fourth-order valence-corrected chi connectivity index (χ4v) is 1.60. The van der Waals surface area contributed by atoms with E-state index in [-0.39, 0.29) is 17.7 Å². The molecule has 0 aromatic carbocycles. The number of Topliss-reactive ketones (excluding diaryl/α,β-unsaturated/α-hetero) is 1. The third kappa shape index (κ3) is 5.04. The average Bonchev–Trinajstić information content (AvgIpc) is 2.24. The van der Waals surface area contributed by atoms with Gasteiger partial charge in [-0.15, -0.1) is 0 Å². The fraction of sp³-hybridized carbons (Fsp3) is 0.800. The number of carbonyl (C=O) groups is 2. The van der Waals surface area contributed by atoms with Crippen molar-refractivity contribution in [3.63, 3.8) is 0 Å². The van der Waals surface area contributed by atoms with Crippen LogP contribution in [0.1, 0.15) is 20.3 Å². The standard InChI is InChI=1S/C10H13BrF5NO2/c1-5(2)3-6(7(18)4-11)17-8(19)9(12,13)10(14,15)16/h5-6H,3-4H2,1-2H3,(H,17,19). The Morgan fingerprint density at radius 1 is 1.16 bits per heavy atom. The summed E-state index contributed by atoms with van der Waals surface area (Å²) in [5.74, 6) is -8.86. The summed E-state index contributed by atoms with van der Waals surface area (Å²) < 4.78 is 61.4. The number of alkyl halides is 6. The zero-order valence-corrected chi connectivity index (χ0v) is 11.7. The Bertz CT molecular complexity index is 343. The van der Waals surface area contributed by atoms with Crippen molar-refractivity contribution in [1.82, 2.24) is 5.32 Å². The Morgan fingerprint density at radius 3 is 1.95 bits per heavy atom. The Kier molecular flexibility index (Phi) is 6.37. The Morgan fingerprint density at radius 2 is 1.63 bits per heavy atom. The first-order chi connectivity index (χ1) is 8.43. The van der Waals surface area contributed by atoms with E-state index in [9.17, 15) is 31.5 Å². The van der Waals surface area contributed by atoms with E-state index in [0.717, 1.165) is 0 Å².